The van der Waals surface area contributed by atoms with E-state index in [2.05, 4.69) is 205 Å². The Morgan fingerprint density at radius 1 is 0.306 bits per heavy atom. The summed E-state index contributed by atoms with van der Waals surface area (Å²) in [6.07, 6.45) is 0. The van der Waals surface area contributed by atoms with Gasteiger partial charge in [0.25, 0.3) is 0 Å². The maximum Gasteiger partial charge on any atom is 0.166 e. The zero-order valence-electron chi connectivity index (χ0n) is 33.6. The molecule has 11 aromatic rings. The van der Waals surface area contributed by atoms with Crippen molar-refractivity contribution in [1.82, 2.24) is 19.5 Å². The Balaban J connectivity index is 1.07. The third-order valence-corrected chi connectivity index (χ3v) is 13.1. The number of aromatic nitrogens is 4. The minimum Gasteiger partial charge on any atom is -0.309 e. The van der Waals surface area contributed by atoms with Crippen molar-refractivity contribution < 1.29 is 0 Å². The van der Waals surface area contributed by atoms with Crippen LogP contribution in [0.2, 0.25) is 0 Å². The molecule has 2 aliphatic rings. The first kappa shape index (κ1) is 34.6. The zero-order chi connectivity index (χ0) is 40.8. The van der Waals surface area contributed by atoms with Gasteiger partial charge in [-0.2, -0.15) is 0 Å². The molecule has 288 valence electrons. The smallest absolute Gasteiger partial charge is 0.166 e. The SMILES string of the molecule is c1ccc(-c2nc(-c3ccccc3-c3cccc4c3-c3ccccc3C43c4ccccc4-c4ccccc43)nc(-c3cccc4c5ccccc5n(-c5ccccc5)c34)n2)cc1. The van der Waals surface area contributed by atoms with E-state index in [0.717, 1.165) is 49.9 Å². The molecule has 0 radical (unpaired) electrons. The molecule has 0 fully saturated rings. The topological polar surface area (TPSA) is 43.6 Å². The Labute approximate surface area is 359 Å². The lowest BCUT2D eigenvalue weighted by molar-refractivity contribution is 0.794. The summed E-state index contributed by atoms with van der Waals surface area (Å²) in [7, 11) is 0. The number of rotatable bonds is 5. The van der Waals surface area contributed by atoms with Crippen molar-refractivity contribution in [3.63, 3.8) is 0 Å². The summed E-state index contributed by atoms with van der Waals surface area (Å²) >= 11 is 0. The fourth-order valence-corrected chi connectivity index (χ4v) is 10.7. The molecule has 4 nitrogen and oxygen atoms in total. The molecule has 13 rings (SSSR count). The van der Waals surface area contributed by atoms with Gasteiger partial charge in [0.1, 0.15) is 0 Å². The molecule has 0 saturated carbocycles. The van der Waals surface area contributed by atoms with E-state index in [9.17, 15) is 0 Å². The van der Waals surface area contributed by atoms with Crippen LogP contribution in [0.3, 0.4) is 0 Å². The highest BCUT2D eigenvalue weighted by molar-refractivity contribution is 6.13. The maximum absolute atomic E-state index is 5.47. The molecular weight excluding hydrogens is 753 g/mol. The summed E-state index contributed by atoms with van der Waals surface area (Å²) < 4.78 is 2.35. The Morgan fingerprint density at radius 2 is 0.774 bits per heavy atom. The zero-order valence-corrected chi connectivity index (χ0v) is 33.6. The van der Waals surface area contributed by atoms with Crippen LogP contribution in [0.15, 0.2) is 218 Å². The summed E-state index contributed by atoms with van der Waals surface area (Å²) in [5.74, 6) is 1.87. The summed E-state index contributed by atoms with van der Waals surface area (Å²) in [5.41, 5.74) is 18.2. The van der Waals surface area contributed by atoms with Crippen molar-refractivity contribution in [2.24, 2.45) is 0 Å². The molecule has 0 saturated heterocycles. The molecule has 2 heterocycles. The first-order valence-corrected chi connectivity index (χ1v) is 21.2. The molecule has 0 aliphatic heterocycles. The first-order chi connectivity index (χ1) is 30.8. The van der Waals surface area contributed by atoms with Gasteiger partial charge >= 0.3 is 0 Å². The first-order valence-electron chi connectivity index (χ1n) is 21.2. The molecule has 0 N–H and O–H groups in total. The van der Waals surface area contributed by atoms with Crippen LogP contribution in [0.4, 0.5) is 0 Å². The van der Waals surface area contributed by atoms with Crippen molar-refractivity contribution in [3.05, 3.63) is 241 Å². The molecule has 1 spiro atoms. The summed E-state index contributed by atoms with van der Waals surface area (Å²) in [4.78, 5) is 16.1. The molecule has 2 aliphatic carbocycles. The van der Waals surface area contributed by atoms with E-state index in [-0.39, 0.29) is 0 Å². The second-order valence-corrected chi connectivity index (χ2v) is 16.2. The molecule has 62 heavy (non-hydrogen) atoms. The normalized spacial score (nSPS) is 13.0. The van der Waals surface area contributed by atoms with Crippen molar-refractivity contribution in [2.75, 3.05) is 0 Å². The van der Waals surface area contributed by atoms with Gasteiger partial charge in [0.2, 0.25) is 0 Å². The van der Waals surface area contributed by atoms with E-state index >= 15 is 0 Å². The van der Waals surface area contributed by atoms with Crippen LogP contribution in [0, 0.1) is 0 Å². The number of hydrogen-bond donors (Lipinski definition) is 0. The number of para-hydroxylation sites is 3. The molecule has 4 heteroatoms. The predicted octanol–water partition coefficient (Wildman–Crippen LogP) is 14.0. The van der Waals surface area contributed by atoms with Gasteiger partial charge in [0, 0.05) is 33.2 Å². The molecule has 0 amide bonds. The molecule has 0 bridgehead atoms. The van der Waals surface area contributed by atoms with Gasteiger partial charge in [0.05, 0.1) is 16.4 Å². The van der Waals surface area contributed by atoms with Gasteiger partial charge in [-0.25, -0.2) is 15.0 Å². The molecular formula is C58H36N4. The summed E-state index contributed by atoms with van der Waals surface area (Å²) in [5, 5.41) is 2.33. The second-order valence-electron chi connectivity index (χ2n) is 16.2. The van der Waals surface area contributed by atoms with Crippen LogP contribution in [-0.4, -0.2) is 19.5 Å². The van der Waals surface area contributed by atoms with Crippen LogP contribution in [0.1, 0.15) is 22.3 Å². The monoisotopic (exact) mass is 788 g/mol. The Hall–Kier alpha value is -8.21. The highest BCUT2D eigenvalue weighted by Gasteiger charge is 2.52. The van der Waals surface area contributed by atoms with Crippen molar-refractivity contribution in [2.45, 2.75) is 5.41 Å². The highest BCUT2D eigenvalue weighted by Crippen LogP contribution is 2.64. The van der Waals surface area contributed by atoms with Gasteiger partial charge in [-0.3, -0.25) is 0 Å². The predicted molar refractivity (Wildman–Crippen MR) is 252 cm³/mol. The fourth-order valence-electron chi connectivity index (χ4n) is 10.7. The number of hydrogen-bond acceptors (Lipinski definition) is 3. The minimum absolute atomic E-state index is 0.444. The molecule has 0 unspecified atom stereocenters. The Kier molecular flexibility index (Phi) is 7.49. The lowest BCUT2D eigenvalue weighted by atomic mass is 9.70. The summed E-state index contributed by atoms with van der Waals surface area (Å²) in [6.45, 7) is 0. The third kappa shape index (κ3) is 4.80. The quantitative estimate of drug-likeness (QED) is 0.174. The van der Waals surface area contributed by atoms with Gasteiger partial charge in [-0.15, -0.1) is 0 Å². The third-order valence-electron chi connectivity index (χ3n) is 13.1. The average molecular weight is 789 g/mol. The van der Waals surface area contributed by atoms with Gasteiger partial charge in [-0.1, -0.05) is 194 Å². The largest absolute Gasteiger partial charge is 0.309 e. The van der Waals surface area contributed by atoms with Crippen LogP contribution in [-0.2, 0) is 5.41 Å². The van der Waals surface area contributed by atoms with E-state index in [1.807, 2.05) is 18.2 Å². The molecule has 0 atom stereocenters. The van der Waals surface area contributed by atoms with Crippen LogP contribution in [0.25, 0.3) is 95.0 Å². The van der Waals surface area contributed by atoms with Gasteiger partial charge in [-0.05, 0) is 79.9 Å². The average Bonchev–Trinajstić information content (AvgIpc) is 3.97. The van der Waals surface area contributed by atoms with Crippen LogP contribution >= 0.6 is 0 Å². The van der Waals surface area contributed by atoms with Crippen molar-refractivity contribution >= 4 is 21.8 Å². The van der Waals surface area contributed by atoms with E-state index in [4.69, 9.17) is 15.0 Å². The number of nitrogens with zero attached hydrogens (tertiary/aromatic N) is 4. The Bertz CT molecular complexity index is 3540. The van der Waals surface area contributed by atoms with E-state index in [1.165, 1.54) is 49.9 Å². The second kappa shape index (κ2) is 13.4. The van der Waals surface area contributed by atoms with E-state index in [1.54, 1.807) is 0 Å². The molecule has 2 aromatic heterocycles. The standard InChI is InChI=1S/C58H36N4/c1-3-19-37(20-4-1)55-59-56(61-57(60-55)47-31-17-30-44-42-26-12-16-36-52(42)62(54(44)47)38-21-5-2-6-22-38)45-27-8-7-23-39(45)43-29-18-35-51-53(43)46-28-11-15-34-50(46)58(51)48-32-13-9-24-40(48)41-25-10-14-33-49(41)58/h1-36H. The number of benzene rings is 9. The maximum atomic E-state index is 5.47. The van der Waals surface area contributed by atoms with Crippen molar-refractivity contribution in [1.29, 1.82) is 0 Å². The minimum atomic E-state index is -0.444. The van der Waals surface area contributed by atoms with E-state index in [0.29, 0.717) is 17.5 Å². The molecule has 9 aromatic carbocycles. The van der Waals surface area contributed by atoms with Gasteiger partial charge < -0.3 is 4.57 Å². The lowest BCUT2D eigenvalue weighted by Crippen LogP contribution is -2.25. The van der Waals surface area contributed by atoms with E-state index < -0.39 is 5.41 Å². The van der Waals surface area contributed by atoms with Crippen LogP contribution < -0.4 is 0 Å². The number of fused-ring (bicyclic) bond motifs is 13. The Morgan fingerprint density at radius 3 is 1.50 bits per heavy atom. The fraction of sp³-hybridized carbons (Fsp3) is 0.0172. The van der Waals surface area contributed by atoms with Gasteiger partial charge in [0.15, 0.2) is 17.5 Å². The van der Waals surface area contributed by atoms with Crippen molar-refractivity contribution in [3.8, 4) is 73.2 Å². The summed E-state index contributed by atoms with van der Waals surface area (Å²) in [6, 6.07) is 78.4. The lowest BCUT2D eigenvalue weighted by Gasteiger charge is -2.30. The highest BCUT2D eigenvalue weighted by atomic mass is 15.0. The van der Waals surface area contributed by atoms with Crippen LogP contribution in [0.5, 0.6) is 0 Å².